The molecule has 1 aromatic carbocycles. The molecule has 5 heteroatoms. The van der Waals surface area contributed by atoms with Crippen LogP contribution >= 0.6 is 0 Å². The molecular weight excluding hydrogens is 271 g/mol. The molecule has 1 N–H and O–H groups in total. The summed E-state index contributed by atoms with van der Waals surface area (Å²) in [4.78, 5) is 25.6. The Morgan fingerprint density at radius 1 is 1.33 bits per heavy atom. The van der Waals surface area contributed by atoms with E-state index in [9.17, 15) is 14.0 Å². The van der Waals surface area contributed by atoms with Gasteiger partial charge in [-0.15, -0.1) is 0 Å². The third-order valence-electron chi connectivity index (χ3n) is 4.06. The van der Waals surface area contributed by atoms with Crippen LogP contribution in [0.1, 0.15) is 37.7 Å². The highest BCUT2D eigenvalue weighted by Gasteiger charge is 2.33. The topological polar surface area (TPSA) is 49.4 Å². The van der Waals surface area contributed by atoms with Crippen molar-refractivity contribution in [3.63, 3.8) is 0 Å². The molecule has 0 radical (unpaired) electrons. The van der Waals surface area contributed by atoms with Crippen LogP contribution < -0.4 is 5.32 Å². The highest BCUT2D eigenvalue weighted by atomic mass is 19.1. The maximum absolute atomic E-state index is 13.2. The number of amides is 2. The zero-order valence-electron chi connectivity index (χ0n) is 11.8. The summed E-state index contributed by atoms with van der Waals surface area (Å²) in [6, 6.07) is 6.53. The molecule has 1 saturated heterocycles. The average molecular weight is 290 g/mol. The fourth-order valence-electron chi connectivity index (χ4n) is 2.78. The number of halogens is 1. The van der Waals surface area contributed by atoms with Crippen LogP contribution in [0.2, 0.25) is 0 Å². The Morgan fingerprint density at radius 2 is 2.14 bits per heavy atom. The van der Waals surface area contributed by atoms with E-state index < -0.39 is 0 Å². The van der Waals surface area contributed by atoms with Gasteiger partial charge in [-0.25, -0.2) is 4.39 Å². The van der Waals surface area contributed by atoms with E-state index in [0.717, 1.165) is 18.4 Å². The molecule has 1 heterocycles. The van der Waals surface area contributed by atoms with Crippen molar-refractivity contribution in [1.82, 2.24) is 10.2 Å². The van der Waals surface area contributed by atoms with E-state index in [2.05, 4.69) is 5.32 Å². The van der Waals surface area contributed by atoms with Crippen LogP contribution in [-0.4, -0.2) is 28.8 Å². The van der Waals surface area contributed by atoms with Crippen LogP contribution in [0.5, 0.6) is 0 Å². The van der Waals surface area contributed by atoms with E-state index >= 15 is 0 Å². The summed E-state index contributed by atoms with van der Waals surface area (Å²) in [7, 11) is 0. The van der Waals surface area contributed by atoms with E-state index in [1.54, 1.807) is 17.0 Å². The summed E-state index contributed by atoms with van der Waals surface area (Å²) in [5.74, 6) is -0.243. The van der Waals surface area contributed by atoms with Crippen molar-refractivity contribution in [3.8, 4) is 0 Å². The van der Waals surface area contributed by atoms with Gasteiger partial charge in [-0.05, 0) is 37.0 Å². The predicted molar refractivity (Wildman–Crippen MR) is 75.8 cm³/mol. The first-order valence-electron chi connectivity index (χ1n) is 7.45. The molecule has 21 heavy (non-hydrogen) atoms. The summed E-state index contributed by atoms with van der Waals surface area (Å²) in [5.41, 5.74) is 0.762. The number of nitrogens with zero attached hydrogens (tertiary/aromatic N) is 1. The van der Waals surface area contributed by atoms with Gasteiger partial charge in [-0.2, -0.15) is 0 Å². The maximum Gasteiger partial charge on any atom is 0.223 e. The SMILES string of the molecule is O=C(CC1CCC(=O)N1Cc1cccc(F)c1)NC1CC1. The highest BCUT2D eigenvalue weighted by molar-refractivity contribution is 5.82. The number of hydrogen-bond donors (Lipinski definition) is 1. The van der Waals surface area contributed by atoms with Gasteiger partial charge in [0.15, 0.2) is 0 Å². The van der Waals surface area contributed by atoms with Gasteiger partial charge in [0.05, 0.1) is 0 Å². The van der Waals surface area contributed by atoms with Crippen molar-refractivity contribution in [2.45, 2.75) is 50.7 Å². The molecule has 4 nitrogen and oxygen atoms in total. The molecule has 1 saturated carbocycles. The minimum Gasteiger partial charge on any atom is -0.353 e. The summed E-state index contributed by atoms with van der Waals surface area (Å²) >= 11 is 0. The first-order chi connectivity index (χ1) is 10.1. The van der Waals surface area contributed by atoms with E-state index in [4.69, 9.17) is 0 Å². The Balaban J connectivity index is 1.63. The fourth-order valence-corrected chi connectivity index (χ4v) is 2.78. The normalized spacial score (nSPS) is 21.7. The molecule has 0 spiro atoms. The first kappa shape index (κ1) is 14.0. The number of carbonyl (C=O) groups is 2. The van der Waals surface area contributed by atoms with Gasteiger partial charge >= 0.3 is 0 Å². The van der Waals surface area contributed by atoms with Gasteiger partial charge in [-0.3, -0.25) is 9.59 Å². The largest absolute Gasteiger partial charge is 0.353 e. The van der Waals surface area contributed by atoms with Gasteiger partial charge in [0, 0.05) is 31.5 Å². The number of rotatable bonds is 5. The van der Waals surface area contributed by atoms with Crippen molar-refractivity contribution < 1.29 is 14.0 Å². The second-order valence-corrected chi connectivity index (χ2v) is 5.89. The summed E-state index contributed by atoms with van der Waals surface area (Å²) in [6.45, 7) is 0.373. The lowest BCUT2D eigenvalue weighted by molar-refractivity contribution is -0.130. The van der Waals surface area contributed by atoms with Crippen molar-refractivity contribution in [1.29, 1.82) is 0 Å². The molecule has 2 aliphatic rings. The Kier molecular flexibility index (Phi) is 3.90. The van der Waals surface area contributed by atoms with Gasteiger partial charge in [0.2, 0.25) is 11.8 Å². The summed E-state index contributed by atoms with van der Waals surface area (Å²) in [5, 5.41) is 2.95. The number of hydrogen-bond acceptors (Lipinski definition) is 2. The molecule has 112 valence electrons. The van der Waals surface area contributed by atoms with Gasteiger partial charge in [0.25, 0.3) is 0 Å². The first-order valence-corrected chi connectivity index (χ1v) is 7.45. The van der Waals surface area contributed by atoms with E-state index in [0.29, 0.717) is 31.8 Å². The second-order valence-electron chi connectivity index (χ2n) is 5.89. The van der Waals surface area contributed by atoms with Crippen LogP contribution in [0.4, 0.5) is 4.39 Å². The van der Waals surface area contributed by atoms with Crippen LogP contribution in [0.15, 0.2) is 24.3 Å². The second kappa shape index (κ2) is 5.84. The van der Waals surface area contributed by atoms with Crippen molar-refractivity contribution >= 4 is 11.8 Å². The minimum atomic E-state index is -0.304. The lowest BCUT2D eigenvalue weighted by atomic mass is 10.1. The lowest BCUT2D eigenvalue weighted by Gasteiger charge is -2.24. The van der Waals surface area contributed by atoms with Crippen LogP contribution in [0.25, 0.3) is 0 Å². The number of nitrogens with one attached hydrogen (secondary N) is 1. The highest BCUT2D eigenvalue weighted by Crippen LogP contribution is 2.25. The smallest absolute Gasteiger partial charge is 0.223 e. The van der Waals surface area contributed by atoms with Gasteiger partial charge in [0.1, 0.15) is 5.82 Å². The predicted octanol–water partition coefficient (Wildman–Crippen LogP) is 1.99. The average Bonchev–Trinajstić information content (AvgIpc) is 3.18. The maximum atomic E-state index is 13.2. The molecule has 3 rings (SSSR count). The zero-order valence-corrected chi connectivity index (χ0v) is 11.8. The molecule has 1 atom stereocenters. The molecule has 2 amide bonds. The van der Waals surface area contributed by atoms with Crippen LogP contribution in [-0.2, 0) is 16.1 Å². The lowest BCUT2D eigenvalue weighted by Crippen LogP contribution is -2.37. The third-order valence-corrected chi connectivity index (χ3v) is 4.06. The van der Waals surface area contributed by atoms with Crippen LogP contribution in [0, 0.1) is 5.82 Å². The van der Waals surface area contributed by atoms with Crippen LogP contribution in [0.3, 0.4) is 0 Å². The van der Waals surface area contributed by atoms with Crippen molar-refractivity contribution in [3.05, 3.63) is 35.6 Å². The minimum absolute atomic E-state index is 0.0152. The van der Waals surface area contributed by atoms with Crippen molar-refractivity contribution in [2.24, 2.45) is 0 Å². The molecule has 1 aliphatic heterocycles. The Morgan fingerprint density at radius 3 is 2.86 bits per heavy atom. The number of benzene rings is 1. The van der Waals surface area contributed by atoms with Crippen molar-refractivity contribution in [2.75, 3.05) is 0 Å². The Hall–Kier alpha value is -1.91. The standard InChI is InChI=1S/C16H19FN2O2/c17-12-3-1-2-11(8-12)10-19-14(6-7-16(19)21)9-15(20)18-13-4-5-13/h1-3,8,13-14H,4-7,9-10H2,(H,18,20). The Bertz CT molecular complexity index is 557. The van der Waals surface area contributed by atoms with Gasteiger partial charge in [-0.1, -0.05) is 12.1 Å². The zero-order chi connectivity index (χ0) is 14.8. The number of likely N-dealkylation sites (tertiary alicyclic amines) is 1. The molecule has 1 aromatic rings. The van der Waals surface area contributed by atoms with E-state index in [1.165, 1.54) is 12.1 Å². The third kappa shape index (κ3) is 3.60. The molecule has 1 unspecified atom stereocenters. The molecular formula is C16H19FN2O2. The fraction of sp³-hybridized carbons (Fsp3) is 0.500. The molecule has 2 fully saturated rings. The number of carbonyl (C=O) groups excluding carboxylic acids is 2. The summed E-state index contributed by atoms with van der Waals surface area (Å²) < 4.78 is 13.2. The van der Waals surface area contributed by atoms with Gasteiger partial charge < -0.3 is 10.2 Å². The molecule has 0 bridgehead atoms. The molecule has 0 aromatic heterocycles. The monoisotopic (exact) mass is 290 g/mol. The quantitative estimate of drug-likeness (QED) is 0.901. The van der Waals surface area contributed by atoms with E-state index in [-0.39, 0.29) is 23.7 Å². The Labute approximate surface area is 123 Å². The van der Waals surface area contributed by atoms with E-state index in [1.807, 2.05) is 0 Å². The summed E-state index contributed by atoms with van der Waals surface area (Å²) in [6.07, 6.45) is 3.63. The molecule has 1 aliphatic carbocycles.